The lowest BCUT2D eigenvalue weighted by Crippen LogP contribution is -2.38. The van der Waals surface area contributed by atoms with E-state index in [4.69, 9.17) is 5.11 Å². The molecule has 114 valence electrons. The number of amides is 3. The molecule has 3 N–H and O–H groups in total. The topological polar surface area (TPSA) is 95.5 Å². The van der Waals surface area contributed by atoms with Gasteiger partial charge in [0.1, 0.15) is 0 Å². The second-order valence-electron chi connectivity index (χ2n) is 5.39. The fourth-order valence-corrected chi connectivity index (χ4v) is 2.23. The van der Waals surface area contributed by atoms with E-state index >= 15 is 0 Å². The molecule has 0 aromatic heterocycles. The number of carbonyl (C=O) groups excluding carboxylic acids is 2. The SMILES string of the molecule is Cc1cc(Br)cc(NC(=O)NC(=O)CC(C)(C)C(=O)O)c1. The highest BCUT2D eigenvalue weighted by molar-refractivity contribution is 9.10. The molecule has 0 spiro atoms. The van der Waals surface area contributed by atoms with Gasteiger partial charge in [0.2, 0.25) is 5.91 Å². The van der Waals surface area contributed by atoms with Crippen LogP contribution in [0.5, 0.6) is 0 Å². The molecule has 0 heterocycles. The number of hydrogen-bond acceptors (Lipinski definition) is 3. The molecule has 3 amide bonds. The summed E-state index contributed by atoms with van der Waals surface area (Å²) in [4.78, 5) is 34.3. The smallest absolute Gasteiger partial charge is 0.325 e. The minimum atomic E-state index is -1.23. The molecule has 1 rings (SSSR count). The molecule has 0 atom stereocenters. The molecule has 0 aliphatic heterocycles. The number of benzene rings is 1. The summed E-state index contributed by atoms with van der Waals surface area (Å²) >= 11 is 3.31. The van der Waals surface area contributed by atoms with Crippen molar-refractivity contribution in [3.05, 3.63) is 28.2 Å². The van der Waals surface area contributed by atoms with E-state index in [2.05, 4.69) is 26.6 Å². The van der Waals surface area contributed by atoms with Gasteiger partial charge in [0, 0.05) is 16.6 Å². The first-order chi connectivity index (χ1) is 9.60. The number of halogens is 1. The van der Waals surface area contributed by atoms with Crippen molar-refractivity contribution in [1.29, 1.82) is 0 Å². The summed E-state index contributed by atoms with van der Waals surface area (Å²) in [5.41, 5.74) is 0.249. The maximum absolute atomic E-state index is 11.7. The zero-order valence-electron chi connectivity index (χ0n) is 12.0. The fraction of sp³-hybridized carbons (Fsp3) is 0.357. The van der Waals surface area contributed by atoms with Gasteiger partial charge in [-0.15, -0.1) is 0 Å². The van der Waals surface area contributed by atoms with Crippen molar-refractivity contribution in [2.24, 2.45) is 5.41 Å². The Bertz CT molecular complexity index is 564. The van der Waals surface area contributed by atoms with E-state index in [0.717, 1.165) is 10.0 Å². The lowest BCUT2D eigenvalue weighted by Gasteiger charge is -2.17. The summed E-state index contributed by atoms with van der Waals surface area (Å²) in [6.45, 7) is 4.71. The van der Waals surface area contributed by atoms with Crippen molar-refractivity contribution < 1.29 is 19.5 Å². The average Bonchev–Trinajstić information content (AvgIpc) is 2.25. The molecule has 0 unspecified atom stereocenters. The first-order valence-electron chi connectivity index (χ1n) is 6.21. The van der Waals surface area contributed by atoms with Crippen molar-refractivity contribution >= 4 is 39.5 Å². The number of carboxylic acids is 1. The third-order valence-corrected chi connectivity index (χ3v) is 3.19. The van der Waals surface area contributed by atoms with Crippen LogP contribution in [-0.2, 0) is 9.59 Å². The standard InChI is InChI=1S/C14H17BrN2O4/c1-8-4-9(15)6-10(5-8)16-13(21)17-11(18)7-14(2,3)12(19)20/h4-6H,7H2,1-3H3,(H,19,20)(H2,16,17,18,21). The van der Waals surface area contributed by atoms with Gasteiger partial charge in [0.15, 0.2) is 0 Å². The number of aryl methyl sites for hydroxylation is 1. The molecule has 0 fully saturated rings. The zero-order chi connectivity index (χ0) is 16.2. The van der Waals surface area contributed by atoms with Crippen molar-refractivity contribution in [2.75, 3.05) is 5.32 Å². The Balaban J connectivity index is 2.61. The van der Waals surface area contributed by atoms with E-state index in [0.29, 0.717) is 5.69 Å². The Labute approximate surface area is 131 Å². The molecule has 0 aliphatic rings. The highest BCUT2D eigenvalue weighted by Crippen LogP contribution is 2.21. The predicted molar refractivity (Wildman–Crippen MR) is 82.1 cm³/mol. The first kappa shape index (κ1) is 17.2. The van der Waals surface area contributed by atoms with Gasteiger partial charge in [-0.1, -0.05) is 15.9 Å². The average molecular weight is 357 g/mol. The Hall–Kier alpha value is -1.89. The minimum absolute atomic E-state index is 0.284. The number of urea groups is 1. The molecule has 6 nitrogen and oxygen atoms in total. The molecule has 0 radical (unpaired) electrons. The van der Waals surface area contributed by atoms with E-state index in [-0.39, 0.29) is 6.42 Å². The van der Waals surface area contributed by atoms with Crippen LogP contribution in [0, 0.1) is 12.3 Å². The normalized spacial score (nSPS) is 10.9. The fourth-order valence-electron chi connectivity index (χ4n) is 1.62. The number of carboxylic acid groups (broad SMARTS) is 1. The molecule has 0 bridgehead atoms. The summed E-state index contributed by atoms with van der Waals surface area (Å²) in [7, 11) is 0. The third-order valence-electron chi connectivity index (χ3n) is 2.73. The maximum Gasteiger partial charge on any atom is 0.325 e. The number of imide groups is 1. The van der Waals surface area contributed by atoms with E-state index in [1.165, 1.54) is 13.8 Å². The number of aliphatic carboxylic acids is 1. The van der Waals surface area contributed by atoms with Gasteiger partial charge in [-0.25, -0.2) is 4.79 Å². The summed E-state index contributed by atoms with van der Waals surface area (Å²) in [6.07, 6.45) is -0.284. The molecule has 7 heteroatoms. The highest BCUT2D eigenvalue weighted by atomic mass is 79.9. The van der Waals surface area contributed by atoms with Crippen LogP contribution in [-0.4, -0.2) is 23.0 Å². The second-order valence-corrected chi connectivity index (χ2v) is 6.30. The minimum Gasteiger partial charge on any atom is -0.481 e. The summed E-state index contributed by atoms with van der Waals surface area (Å²) < 4.78 is 0.802. The molecule has 1 aromatic carbocycles. The van der Waals surface area contributed by atoms with Crippen LogP contribution in [0.2, 0.25) is 0 Å². The van der Waals surface area contributed by atoms with E-state index in [1.54, 1.807) is 12.1 Å². The van der Waals surface area contributed by atoms with E-state index in [1.807, 2.05) is 13.0 Å². The van der Waals surface area contributed by atoms with Crippen molar-refractivity contribution in [2.45, 2.75) is 27.2 Å². The van der Waals surface area contributed by atoms with Crippen LogP contribution in [0.4, 0.5) is 10.5 Å². The van der Waals surface area contributed by atoms with Crippen LogP contribution in [0.3, 0.4) is 0 Å². The zero-order valence-corrected chi connectivity index (χ0v) is 13.6. The predicted octanol–water partition coefficient (Wildman–Crippen LogP) is 2.91. The van der Waals surface area contributed by atoms with Crippen molar-refractivity contribution in [3.63, 3.8) is 0 Å². The van der Waals surface area contributed by atoms with Crippen LogP contribution in [0.1, 0.15) is 25.8 Å². The Morgan fingerprint density at radius 1 is 1.24 bits per heavy atom. The van der Waals surface area contributed by atoms with Gasteiger partial charge in [0.05, 0.1) is 5.41 Å². The molecule has 0 saturated heterocycles. The molecule has 0 saturated carbocycles. The lowest BCUT2D eigenvalue weighted by atomic mass is 9.89. The van der Waals surface area contributed by atoms with Gasteiger partial charge in [-0.2, -0.15) is 0 Å². The first-order valence-corrected chi connectivity index (χ1v) is 7.01. The number of anilines is 1. The van der Waals surface area contributed by atoms with Gasteiger partial charge >= 0.3 is 12.0 Å². The Morgan fingerprint density at radius 2 is 1.86 bits per heavy atom. The lowest BCUT2D eigenvalue weighted by molar-refractivity contribution is -0.149. The van der Waals surface area contributed by atoms with Crippen LogP contribution in [0.15, 0.2) is 22.7 Å². The van der Waals surface area contributed by atoms with Crippen molar-refractivity contribution in [1.82, 2.24) is 5.32 Å². The quantitative estimate of drug-likeness (QED) is 0.772. The maximum atomic E-state index is 11.7. The second kappa shape index (κ2) is 6.71. The Kier molecular flexibility index (Phi) is 5.48. The van der Waals surface area contributed by atoms with Gasteiger partial charge in [0.25, 0.3) is 0 Å². The molecule has 1 aromatic rings. The van der Waals surface area contributed by atoms with Crippen LogP contribution >= 0.6 is 15.9 Å². The van der Waals surface area contributed by atoms with Gasteiger partial charge in [-0.05, 0) is 44.5 Å². The third kappa shape index (κ3) is 5.55. The molecule has 21 heavy (non-hydrogen) atoms. The van der Waals surface area contributed by atoms with Crippen LogP contribution in [0.25, 0.3) is 0 Å². The summed E-state index contributed by atoms with van der Waals surface area (Å²) in [6, 6.07) is 4.62. The summed E-state index contributed by atoms with van der Waals surface area (Å²) in [5, 5.41) is 13.6. The molecular weight excluding hydrogens is 340 g/mol. The van der Waals surface area contributed by atoms with Crippen LogP contribution < -0.4 is 10.6 Å². The number of carbonyl (C=O) groups is 3. The Morgan fingerprint density at radius 3 is 2.38 bits per heavy atom. The van der Waals surface area contributed by atoms with Crippen molar-refractivity contribution in [3.8, 4) is 0 Å². The monoisotopic (exact) mass is 356 g/mol. The summed E-state index contributed by atoms with van der Waals surface area (Å²) in [5.74, 6) is -1.74. The van der Waals surface area contributed by atoms with Gasteiger partial charge < -0.3 is 10.4 Å². The highest BCUT2D eigenvalue weighted by Gasteiger charge is 2.30. The van der Waals surface area contributed by atoms with E-state index in [9.17, 15) is 14.4 Å². The van der Waals surface area contributed by atoms with E-state index < -0.39 is 23.3 Å². The molecular formula is C14H17BrN2O4. The number of hydrogen-bond donors (Lipinski definition) is 3. The number of nitrogens with one attached hydrogen (secondary N) is 2. The molecule has 0 aliphatic carbocycles. The number of rotatable bonds is 4. The largest absolute Gasteiger partial charge is 0.481 e. The van der Waals surface area contributed by atoms with Gasteiger partial charge in [-0.3, -0.25) is 14.9 Å².